The van der Waals surface area contributed by atoms with E-state index in [-0.39, 0.29) is 18.0 Å². The molecule has 2 rings (SSSR count). The van der Waals surface area contributed by atoms with Crippen LogP contribution in [0.4, 0.5) is 5.69 Å². The second kappa shape index (κ2) is 7.47. The van der Waals surface area contributed by atoms with Gasteiger partial charge in [-0.3, -0.25) is 4.79 Å². The van der Waals surface area contributed by atoms with E-state index in [1.54, 1.807) is 31.2 Å². The van der Waals surface area contributed by atoms with Crippen molar-refractivity contribution in [2.75, 3.05) is 11.6 Å². The summed E-state index contributed by atoms with van der Waals surface area (Å²) in [5.74, 6) is -1.59. The molecule has 1 fully saturated rings. The highest BCUT2D eigenvalue weighted by Gasteiger charge is 2.31. The van der Waals surface area contributed by atoms with Crippen molar-refractivity contribution in [1.29, 1.82) is 0 Å². The van der Waals surface area contributed by atoms with Crippen LogP contribution in [0, 0.1) is 0 Å². The van der Waals surface area contributed by atoms with Gasteiger partial charge in [-0.05, 0) is 38.1 Å². The number of ether oxygens (including phenoxy) is 1. The maximum absolute atomic E-state index is 11.9. The fourth-order valence-corrected chi connectivity index (χ4v) is 1.92. The Balaban J connectivity index is 2.30. The molecule has 1 amide bonds. The SMILES string of the molecule is CCOC(=O)c1ccc(N2NOC(=O)/C2=C(/C)N=NC(C)=O)cc1. The van der Waals surface area contributed by atoms with Gasteiger partial charge < -0.3 is 9.57 Å². The predicted molar refractivity (Wildman–Crippen MR) is 82.3 cm³/mol. The molecule has 0 bridgehead atoms. The van der Waals surface area contributed by atoms with E-state index in [1.807, 2.05) is 0 Å². The second-order valence-electron chi connectivity index (χ2n) is 4.74. The molecule has 0 unspecified atom stereocenters. The van der Waals surface area contributed by atoms with Crippen molar-refractivity contribution in [3.05, 3.63) is 41.2 Å². The molecular weight excluding hydrogens is 316 g/mol. The van der Waals surface area contributed by atoms with Crippen molar-refractivity contribution < 1.29 is 24.0 Å². The molecule has 0 saturated carbocycles. The Morgan fingerprint density at radius 3 is 2.46 bits per heavy atom. The lowest BCUT2D eigenvalue weighted by atomic mass is 10.2. The number of anilines is 1. The number of hydrazine groups is 1. The summed E-state index contributed by atoms with van der Waals surface area (Å²) in [6.07, 6.45) is 0. The van der Waals surface area contributed by atoms with Crippen LogP contribution >= 0.6 is 0 Å². The van der Waals surface area contributed by atoms with E-state index in [0.29, 0.717) is 11.3 Å². The largest absolute Gasteiger partial charge is 0.462 e. The van der Waals surface area contributed by atoms with Crippen LogP contribution < -0.4 is 10.6 Å². The average Bonchev–Trinajstić information content (AvgIpc) is 2.94. The maximum atomic E-state index is 11.9. The smallest absolute Gasteiger partial charge is 0.378 e. The van der Waals surface area contributed by atoms with Crippen LogP contribution in [0.1, 0.15) is 31.1 Å². The molecule has 1 aliphatic rings. The third kappa shape index (κ3) is 3.82. The van der Waals surface area contributed by atoms with Gasteiger partial charge in [0.15, 0.2) is 5.70 Å². The van der Waals surface area contributed by atoms with Crippen molar-refractivity contribution in [2.45, 2.75) is 20.8 Å². The molecule has 1 aromatic rings. The van der Waals surface area contributed by atoms with Gasteiger partial charge in [-0.15, -0.1) is 10.2 Å². The third-order valence-corrected chi connectivity index (χ3v) is 2.97. The molecule has 9 nitrogen and oxygen atoms in total. The first-order valence-corrected chi connectivity index (χ1v) is 7.11. The van der Waals surface area contributed by atoms with Crippen molar-refractivity contribution in [1.82, 2.24) is 5.59 Å². The number of rotatable bonds is 4. The number of amides is 1. The maximum Gasteiger partial charge on any atom is 0.378 e. The lowest BCUT2D eigenvalue weighted by Crippen LogP contribution is -2.29. The highest BCUT2D eigenvalue weighted by molar-refractivity contribution is 5.95. The minimum atomic E-state index is -0.663. The summed E-state index contributed by atoms with van der Waals surface area (Å²) in [6.45, 7) is 4.78. The van der Waals surface area contributed by atoms with Gasteiger partial charge in [-0.25, -0.2) is 14.6 Å². The van der Waals surface area contributed by atoms with Crippen LogP contribution in [0.3, 0.4) is 0 Å². The standard InChI is InChI=1S/C15H16N4O5/c1-4-23-14(21)11-5-7-12(8-6-11)19-13(15(22)24-18-19)9(2)16-17-10(3)20/h5-8,18H,4H2,1-3H3/b13-9+,17-16?. The summed E-state index contributed by atoms with van der Waals surface area (Å²) in [6, 6.07) is 6.33. The molecule has 126 valence electrons. The molecular formula is C15H16N4O5. The average molecular weight is 332 g/mol. The van der Waals surface area contributed by atoms with Crippen molar-refractivity contribution in [3.8, 4) is 0 Å². The normalized spacial score (nSPS) is 16.3. The molecule has 0 radical (unpaired) electrons. The summed E-state index contributed by atoms with van der Waals surface area (Å²) >= 11 is 0. The number of hydrogen-bond donors (Lipinski definition) is 1. The fraction of sp³-hybridized carbons (Fsp3) is 0.267. The molecule has 1 aromatic carbocycles. The monoisotopic (exact) mass is 332 g/mol. The van der Waals surface area contributed by atoms with Crippen LogP contribution in [0.15, 0.2) is 45.9 Å². The summed E-state index contributed by atoms with van der Waals surface area (Å²) in [7, 11) is 0. The number of nitrogens with one attached hydrogen (secondary N) is 1. The number of carbonyl (C=O) groups excluding carboxylic acids is 3. The van der Waals surface area contributed by atoms with E-state index in [0.717, 1.165) is 0 Å². The molecule has 1 N–H and O–H groups in total. The van der Waals surface area contributed by atoms with Crippen molar-refractivity contribution in [3.63, 3.8) is 0 Å². The van der Waals surface area contributed by atoms with Gasteiger partial charge in [0.05, 0.1) is 23.6 Å². The molecule has 0 aromatic heterocycles. The highest BCUT2D eigenvalue weighted by Crippen LogP contribution is 2.25. The van der Waals surface area contributed by atoms with Crippen molar-refractivity contribution in [2.24, 2.45) is 10.2 Å². The summed E-state index contributed by atoms with van der Waals surface area (Å²) < 4.78 is 4.91. The third-order valence-electron chi connectivity index (χ3n) is 2.97. The Kier molecular flexibility index (Phi) is 5.38. The zero-order valence-electron chi connectivity index (χ0n) is 13.4. The fourth-order valence-electron chi connectivity index (χ4n) is 1.92. The van der Waals surface area contributed by atoms with Gasteiger partial charge in [0.25, 0.3) is 5.91 Å². The van der Waals surface area contributed by atoms with Crippen LogP contribution in [0.2, 0.25) is 0 Å². The Morgan fingerprint density at radius 2 is 1.88 bits per heavy atom. The van der Waals surface area contributed by atoms with Crippen molar-refractivity contribution >= 4 is 23.5 Å². The zero-order chi connectivity index (χ0) is 17.7. The number of azo groups is 1. The van der Waals surface area contributed by atoms with E-state index < -0.39 is 17.8 Å². The first kappa shape index (κ1) is 17.3. The molecule has 1 saturated heterocycles. The van der Waals surface area contributed by atoms with Crippen LogP contribution in [-0.2, 0) is 19.2 Å². The van der Waals surface area contributed by atoms with Gasteiger partial charge >= 0.3 is 11.9 Å². The van der Waals surface area contributed by atoms with Crippen LogP contribution in [0.5, 0.6) is 0 Å². The number of nitrogens with zero attached hydrogens (tertiary/aromatic N) is 3. The minimum Gasteiger partial charge on any atom is -0.462 e. The van der Waals surface area contributed by atoms with E-state index in [4.69, 9.17) is 9.57 Å². The quantitative estimate of drug-likeness (QED) is 0.509. The van der Waals surface area contributed by atoms with Gasteiger partial charge in [-0.2, -0.15) is 0 Å². The molecule has 0 atom stereocenters. The van der Waals surface area contributed by atoms with Crippen LogP contribution in [0.25, 0.3) is 0 Å². The van der Waals surface area contributed by atoms with Crippen LogP contribution in [-0.4, -0.2) is 24.5 Å². The topological polar surface area (TPSA) is 110 Å². The lowest BCUT2D eigenvalue weighted by Gasteiger charge is -2.16. The number of hydrogen-bond acceptors (Lipinski definition) is 8. The highest BCUT2D eigenvalue weighted by atomic mass is 16.7. The summed E-state index contributed by atoms with van der Waals surface area (Å²) in [5, 5.41) is 8.43. The predicted octanol–water partition coefficient (Wildman–Crippen LogP) is 1.88. The summed E-state index contributed by atoms with van der Waals surface area (Å²) in [5.41, 5.74) is 3.64. The molecule has 24 heavy (non-hydrogen) atoms. The molecule has 0 spiro atoms. The molecule has 0 aliphatic carbocycles. The van der Waals surface area contributed by atoms with E-state index in [9.17, 15) is 14.4 Å². The first-order valence-electron chi connectivity index (χ1n) is 7.11. The molecule has 1 aliphatic heterocycles. The lowest BCUT2D eigenvalue weighted by molar-refractivity contribution is -0.140. The van der Waals surface area contributed by atoms with Gasteiger partial charge in [0.1, 0.15) is 0 Å². The number of benzene rings is 1. The Labute approximate surface area is 137 Å². The Bertz CT molecular complexity index is 724. The van der Waals surface area contributed by atoms with Gasteiger partial charge in [0, 0.05) is 6.92 Å². The first-order chi connectivity index (χ1) is 11.4. The van der Waals surface area contributed by atoms with E-state index in [1.165, 1.54) is 18.9 Å². The van der Waals surface area contributed by atoms with Gasteiger partial charge in [0.2, 0.25) is 0 Å². The van der Waals surface area contributed by atoms with E-state index in [2.05, 4.69) is 15.8 Å². The zero-order valence-corrected chi connectivity index (χ0v) is 13.4. The minimum absolute atomic E-state index is 0.0869. The molecule has 9 heteroatoms. The number of carbonyl (C=O) groups is 3. The molecule has 1 heterocycles. The number of allylic oxidation sites excluding steroid dienone is 1. The van der Waals surface area contributed by atoms with Gasteiger partial charge in [-0.1, -0.05) is 5.59 Å². The second-order valence-corrected chi connectivity index (χ2v) is 4.74. The van der Waals surface area contributed by atoms with E-state index >= 15 is 0 Å². The number of esters is 1. The Morgan fingerprint density at radius 1 is 1.21 bits per heavy atom. The summed E-state index contributed by atoms with van der Waals surface area (Å²) in [4.78, 5) is 39.2. The Hall–Kier alpha value is -3.07.